The number of nitrogens with one attached hydrogen (secondary N) is 1. The van der Waals surface area contributed by atoms with Crippen LogP contribution in [0, 0.1) is 5.82 Å². The minimum absolute atomic E-state index is 0.150. The van der Waals surface area contributed by atoms with Crippen molar-refractivity contribution in [1.29, 1.82) is 0 Å². The van der Waals surface area contributed by atoms with Crippen molar-refractivity contribution in [3.05, 3.63) is 90.0 Å². The van der Waals surface area contributed by atoms with E-state index in [0.29, 0.717) is 12.1 Å². The molecule has 1 amide bonds. The van der Waals surface area contributed by atoms with Crippen LogP contribution in [0.1, 0.15) is 15.9 Å². The van der Waals surface area contributed by atoms with Crippen LogP contribution in [0.25, 0.3) is 5.69 Å². The van der Waals surface area contributed by atoms with E-state index in [1.807, 2.05) is 41.2 Å². The predicted molar refractivity (Wildman–Crippen MR) is 83.3 cm³/mol. The van der Waals surface area contributed by atoms with Crippen molar-refractivity contribution in [1.82, 2.24) is 9.88 Å². The highest BCUT2D eigenvalue weighted by Gasteiger charge is 2.05. The van der Waals surface area contributed by atoms with E-state index in [0.717, 1.165) is 11.3 Å². The molecule has 0 saturated carbocycles. The summed E-state index contributed by atoms with van der Waals surface area (Å²) >= 11 is 0. The first-order valence-corrected chi connectivity index (χ1v) is 6.98. The van der Waals surface area contributed by atoms with Crippen LogP contribution in [-0.4, -0.2) is 10.5 Å². The van der Waals surface area contributed by atoms with Crippen molar-refractivity contribution in [3.8, 4) is 5.69 Å². The van der Waals surface area contributed by atoms with Gasteiger partial charge < -0.3 is 9.88 Å². The number of halogens is 1. The quantitative estimate of drug-likeness (QED) is 0.784. The Bertz CT molecular complexity index is 747. The lowest BCUT2D eigenvalue weighted by Gasteiger charge is -2.07. The topological polar surface area (TPSA) is 34.0 Å². The average molecular weight is 294 g/mol. The highest BCUT2D eigenvalue weighted by Crippen LogP contribution is 2.10. The van der Waals surface area contributed by atoms with Crippen molar-refractivity contribution in [3.63, 3.8) is 0 Å². The zero-order chi connectivity index (χ0) is 15.4. The van der Waals surface area contributed by atoms with Gasteiger partial charge in [-0.25, -0.2) is 4.39 Å². The average Bonchev–Trinajstić information content (AvgIpc) is 3.09. The molecule has 2 aromatic carbocycles. The van der Waals surface area contributed by atoms with Crippen LogP contribution in [0.4, 0.5) is 4.39 Å². The van der Waals surface area contributed by atoms with Gasteiger partial charge in [0.05, 0.1) is 0 Å². The third-order valence-corrected chi connectivity index (χ3v) is 3.40. The lowest BCUT2D eigenvalue weighted by Crippen LogP contribution is -2.22. The van der Waals surface area contributed by atoms with Crippen molar-refractivity contribution in [2.24, 2.45) is 0 Å². The summed E-state index contributed by atoms with van der Waals surface area (Å²) in [5, 5.41) is 2.82. The number of rotatable bonds is 4. The zero-order valence-corrected chi connectivity index (χ0v) is 11.9. The molecular weight excluding hydrogens is 279 g/mol. The van der Waals surface area contributed by atoms with Crippen LogP contribution in [0.15, 0.2) is 73.1 Å². The lowest BCUT2D eigenvalue weighted by atomic mass is 10.1. The molecule has 0 fully saturated rings. The highest BCUT2D eigenvalue weighted by atomic mass is 19.1. The molecule has 0 bridgehead atoms. The molecule has 0 saturated heterocycles. The molecule has 1 aromatic heterocycles. The number of carbonyl (C=O) groups excluding carboxylic acids is 1. The highest BCUT2D eigenvalue weighted by molar-refractivity contribution is 5.94. The van der Waals surface area contributed by atoms with Gasteiger partial charge in [0.1, 0.15) is 5.82 Å². The largest absolute Gasteiger partial charge is 0.348 e. The summed E-state index contributed by atoms with van der Waals surface area (Å²) in [6.45, 7) is 0.373. The minimum Gasteiger partial charge on any atom is -0.348 e. The van der Waals surface area contributed by atoms with E-state index in [2.05, 4.69) is 5.32 Å². The molecule has 1 N–H and O–H groups in total. The first kappa shape index (κ1) is 14.1. The van der Waals surface area contributed by atoms with E-state index < -0.39 is 0 Å². The van der Waals surface area contributed by atoms with Gasteiger partial charge in [0, 0.05) is 30.2 Å². The summed E-state index contributed by atoms with van der Waals surface area (Å²) in [7, 11) is 0. The standard InChI is InChI=1S/C18H15FN2O/c19-16-7-3-14(4-8-16)13-20-18(22)15-5-9-17(10-6-15)21-11-1-2-12-21/h1-12H,13H2,(H,20,22). The smallest absolute Gasteiger partial charge is 0.251 e. The molecule has 3 rings (SSSR count). The molecule has 0 unspecified atom stereocenters. The predicted octanol–water partition coefficient (Wildman–Crippen LogP) is 3.55. The Balaban J connectivity index is 1.63. The summed E-state index contributed by atoms with van der Waals surface area (Å²) in [6.07, 6.45) is 3.90. The van der Waals surface area contributed by atoms with Gasteiger partial charge in [-0.1, -0.05) is 12.1 Å². The fraction of sp³-hybridized carbons (Fsp3) is 0.0556. The van der Waals surface area contributed by atoms with Gasteiger partial charge in [0.2, 0.25) is 0 Å². The van der Waals surface area contributed by atoms with Crippen molar-refractivity contribution in [2.75, 3.05) is 0 Å². The van der Waals surface area contributed by atoms with E-state index in [-0.39, 0.29) is 11.7 Å². The van der Waals surface area contributed by atoms with E-state index in [1.165, 1.54) is 12.1 Å². The molecule has 0 radical (unpaired) electrons. The second kappa shape index (κ2) is 6.26. The van der Waals surface area contributed by atoms with Gasteiger partial charge in [0.15, 0.2) is 0 Å². The van der Waals surface area contributed by atoms with Gasteiger partial charge in [-0.2, -0.15) is 0 Å². The summed E-state index contributed by atoms with van der Waals surface area (Å²) in [5.74, 6) is -0.431. The maximum Gasteiger partial charge on any atom is 0.251 e. The van der Waals surface area contributed by atoms with Crippen LogP contribution in [-0.2, 0) is 6.54 Å². The molecule has 0 aliphatic carbocycles. The lowest BCUT2D eigenvalue weighted by molar-refractivity contribution is 0.0951. The second-order valence-electron chi connectivity index (χ2n) is 4.95. The molecule has 0 aliphatic heterocycles. The van der Waals surface area contributed by atoms with E-state index in [4.69, 9.17) is 0 Å². The van der Waals surface area contributed by atoms with E-state index in [9.17, 15) is 9.18 Å². The summed E-state index contributed by atoms with van der Waals surface area (Å²) in [6, 6.07) is 17.3. The van der Waals surface area contributed by atoms with Crippen LogP contribution < -0.4 is 5.32 Å². The Labute approximate surface area is 128 Å². The Kier molecular flexibility index (Phi) is 4.01. The van der Waals surface area contributed by atoms with Gasteiger partial charge >= 0.3 is 0 Å². The summed E-state index contributed by atoms with van der Waals surface area (Å²) < 4.78 is 14.8. The summed E-state index contributed by atoms with van der Waals surface area (Å²) in [4.78, 5) is 12.1. The van der Waals surface area contributed by atoms with E-state index in [1.54, 1.807) is 24.3 Å². The molecule has 110 valence electrons. The maximum absolute atomic E-state index is 12.8. The Morgan fingerprint density at radius 1 is 0.955 bits per heavy atom. The fourth-order valence-corrected chi connectivity index (χ4v) is 2.18. The first-order valence-electron chi connectivity index (χ1n) is 6.98. The number of hydrogen-bond acceptors (Lipinski definition) is 1. The zero-order valence-electron chi connectivity index (χ0n) is 11.9. The number of nitrogens with zero attached hydrogens (tertiary/aromatic N) is 1. The van der Waals surface area contributed by atoms with Crippen molar-refractivity contribution >= 4 is 5.91 Å². The number of hydrogen-bond donors (Lipinski definition) is 1. The summed E-state index contributed by atoms with van der Waals surface area (Å²) in [5.41, 5.74) is 2.46. The Hall–Kier alpha value is -2.88. The minimum atomic E-state index is -0.282. The van der Waals surface area contributed by atoms with Gasteiger partial charge in [-0.3, -0.25) is 4.79 Å². The first-order chi connectivity index (χ1) is 10.7. The van der Waals surface area contributed by atoms with Crippen molar-refractivity contribution < 1.29 is 9.18 Å². The third kappa shape index (κ3) is 3.23. The number of benzene rings is 2. The van der Waals surface area contributed by atoms with Crippen LogP contribution in [0.2, 0.25) is 0 Å². The van der Waals surface area contributed by atoms with Crippen LogP contribution >= 0.6 is 0 Å². The normalized spacial score (nSPS) is 10.4. The molecule has 4 heteroatoms. The Morgan fingerprint density at radius 3 is 2.23 bits per heavy atom. The molecule has 3 aromatic rings. The third-order valence-electron chi connectivity index (χ3n) is 3.40. The monoisotopic (exact) mass is 294 g/mol. The molecule has 0 spiro atoms. The SMILES string of the molecule is O=C(NCc1ccc(F)cc1)c1ccc(-n2cccc2)cc1. The van der Waals surface area contributed by atoms with Crippen LogP contribution in [0.5, 0.6) is 0 Å². The van der Waals surface area contributed by atoms with Gasteiger partial charge in [0.25, 0.3) is 5.91 Å². The molecular formula is C18H15FN2O. The second-order valence-corrected chi connectivity index (χ2v) is 4.95. The fourth-order valence-electron chi connectivity index (χ4n) is 2.18. The Morgan fingerprint density at radius 2 is 1.59 bits per heavy atom. The van der Waals surface area contributed by atoms with Crippen molar-refractivity contribution in [2.45, 2.75) is 6.54 Å². The number of amides is 1. The molecule has 0 aliphatic rings. The molecule has 0 atom stereocenters. The maximum atomic E-state index is 12.8. The van der Waals surface area contributed by atoms with Crippen LogP contribution in [0.3, 0.4) is 0 Å². The number of aromatic nitrogens is 1. The molecule has 22 heavy (non-hydrogen) atoms. The van der Waals surface area contributed by atoms with Gasteiger partial charge in [-0.05, 0) is 54.1 Å². The van der Waals surface area contributed by atoms with E-state index >= 15 is 0 Å². The van der Waals surface area contributed by atoms with Gasteiger partial charge in [-0.15, -0.1) is 0 Å². The number of carbonyl (C=O) groups is 1. The molecule has 3 nitrogen and oxygen atoms in total. The molecule has 1 heterocycles.